The molecule has 4 nitrogen and oxygen atoms in total. The van der Waals surface area contributed by atoms with Crippen LogP contribution in [0.1, 0.15) is 42.0 Å². The van der Waals surface area contributed by atoms with Gasteiger partial charge in [0.05, 0.1) is 11.9 Å². The quantitative estimate of drug-likeness (QED) is 0.826. The zero-order chi connectivity index (χ0) is 10.7. The van der Waals surface area contributed by atoms with Crippen molar-refractivity contribution < 1.29 is 9.90 Å². The number of thioether (sulfide) groups is 1. The molecule has 1 aliphatic rings. The third-order valence-electron chi connectivity index (χ3n) is 2.62. The molecule has 2 rings (SSSR count). The van der Waals surface area contributed by atoms with Gasteiger partial charge in [0.15, 0.2) is 0 Å². The van der Waals surface area contributed by atoms with E-state index in [0.717, 1.165) is 16.8 Å². The van der Waals surface area contributed by atoms with Gasteiger partial charge in [-0.1, -0.05) is 12.8 Å². The monoisotopic (exact) mass is 226 g/mol. The number of nitrogens with one attached hydrogen (secondary N) is 1. The third-order valence-corrected chi connectivity index (χ3v) is 4.00. The van der Waals surface area contributed by atoms with Crippen LogP contribution in [-0.2, 0) is 5.75 Å². The highest BCUT2D eigenvalue weighted by Gasteiger charge is 2.16. The van der Waals surface area contributed by atoms with Gasteiger partial charge >= 0.3 is 5.97 Å². The fourth-order valence-electron chi connectivity index (χ4n) is 1.80. The van der Waals surface area contributed by atoms with E-state index in [2.05, 4.69) is 9.97 Å². The highest BCUT2D eigenvalue weighted by Crippen LogP contribution is 2.30. The molecular formula is C10H14N2O2S. The van der Waals surface area contributed by atoms with Crippen molar-refractivity contribution in [1.82, 2.24) is 9.97 Å². The second kappa shape index (κ2) is 4.70. The van der Waals surface area contributed by atoms with Crippen molar-refractivity contribution in [2.45, 2.75) is 36.7 Å². The third kappa shape index (κ3) is 2.75. The molecule has 0 radical (unpaired) electrons. The summed E-state index contributed by atoms with van der Waals surface area (Å²) in [5.74, 6) is 0.613. The lowest BCUT2D eigenvalue weighted by atomic mass is 10.4. The maximum absolute atomic E-state index is 10.6. The molecular weight excluding hydrogens is 212 g/mol. The number of H-pyrrole nitrogens is 1. The van der Waals surface area contributed by atoms with Crippen molar-refractivity contribution in [2.75, 3.05) is 0 Å². The van der Waals surface area contributed by atoms with Gasteiger partial charge in [-0.05, 0) is 12.8 Å². The Bertz CT molecular complexity index is 345. The maximum atomic E-state index is 10.6. The maximum Gasteiger partial charge on any atom is 0.353 e. The van der Waals surface area contributed by atoms with Crippen molar-refractivity contribution in [3.8, 4) is 0 Å². The lowest BCUT2D eigenvalue weighted by molar-refractivity contribution is 0.0691. The lowest BCUT2D eigenvalue weighted by Crippen LogP contribution is -1.98. The van der Waals surface area contributed by atoms with Crippen molar-refractivity contribution >= 4 is 17.7 Å². The minimum atomic E-state index is -0.945. The first-order chi connectivity index (χ1) is 7.25. The van der Waals surface area contributed by atoms with Crippen molar-refractivity contribution in [3.05, 3.63) is 17.7 Å². The van der Waals surface area contributed by atoms with E-state index in [1.54, 1.807) is 0 Å². The number of aromatic amines is 1. The largest absolute Gasteiger partial charge is 0.477 e. The molecule has 82 valence electrons. The molecule has 0 spiro atoms. The summed E-state index contributed by atoms with van der Waals surface area (Å²) in [5.41, 5.74) is 0.178. The molecule has 0 aliphatic heterocycles. The summed E-state index contributed by atoms with van der Waals surface area (Å²) >= 11 is 1.88. The summed E-state index contributed by atoms with van der Waals surface area (Å²) in [7, 11) is 0. The van der Waals surface area contributed by atoms with Gasteiger partial charge < -0.3 is 10.1 Å². The molecule has 5 heteroatoms. The number of nitrogens with zero attached hydrogens (tertiary/aromatic N) is 1. The van der Waals surface area contributed by atoms with Crippen molar-refractivity contribution in [3.63, 3.8) is 0 Å². The Hall–Kier alpha value is -0.970. The predicted molar refractivity (Wildman–Crippen MR) is 59.1 cm³/mol. The van der Waals surface area contributed by atoms with E-state index < -0.39 is 5.97 Å². The molecule has 1 heterocycles. The Morgan fingerprint density at radius 3 is 2.93 bits per heavy atom. The van der Waals surface area contributed by atoms with Crippen molar-refractivity contribution in [1.29, 1.82) is 0 Å². The number of carboxylic acids is 1. The summed E-state index contributed by atoms with van der Waals surface area (Å²) in [6.07, 6.45) is 6.62. The molecule has 1 aromatic heterocycles. The molecule has 0 bridgehead atoms. The zero-order valence-corrected chi connectivity index (χ0v) is 9.22. The molecule has 1 aliphatic carbocycles. The number of carbonyl (C=O) groups is 1. The second-order valence-electron chi connectivity index (χ2n) is 3.77. The number of carboxylic acid groups (broad SMARTS) is 1. The number of aromatic nitrogens is 2. The van der Waals surface area contributed by atoms with Crippen LogP contribution in [0.4, 0.5) is 0 Å². The van der Waals surface area contributed by atoms with Crippen LogP contribution >= 0.6 is 11.8 Å². The fraction of sp³-hybridized carbons (Fsp3) is 0.600. The summed E-state index contributed by atoms with van der Waals surface area (Å²) in [5, 5.41) is 9.44. The van der Waals surface area contributed by atoms with Crippen molar-refractivity contribution in [2.24, 2.45) is 0 Å². The minimum Gasteiger partial charge on any atom is -0.477 e. The molecule has 0 aromatic carbocycles. The number of hydrogen-bond donors (Lipinski definition) is 2. The number of aromatic carboxylic acids is 1. The van der Waals surface area contributed by atoms with E-state index in [9.17, 15) is 4.79 Å². The highest BCUT2D eigenvalue weighted by molar-refractivity contribution is 7.99. The molecule has 0 amide bonds. The van der Waals surface area contributed by atoms with Gasteiger partial charge in [-0.15, -0.1) is 0 Å². The van der Waals surface area contributed by atoms with E-state index in [0.29, 0.717) is 0 Å². The average molecular weight is 226 g/mol. The van der Waals surface area contributed by atoms with Gasteiger partial charge in [0.1, 0.15) is 11.5 Å². The SMILES string of the molecule is O=C(O)c1cnc(CSC2CCCC2)[nH]1. The zero-order valence-electron chi connectivity index (χ0n) is 8.40. The number of imidazole rings is 1. The van der Waals surface area contributed by atoms with Gasteiger partial charge in [0.2, 0.25) is 0 Å². The normalized spacial score (nSPS) is 17.1. The fourth-order valence-corrected chi connectivity index (χ4v) is 3.00. The Morgan fingerprint density at radius 2 is 2.33 bits per heavy atom. The van der Waals surface area contributed by atoms with Gasteiger partial charge in [-0.3, -0.25) is 0 Å². The number of rotatable bonds is 4. The first-order valence-corrected chi connectivity index (χ1v) is 6.19. The Morgan fingerprint density at radius 1 is 1.60 bits per heavy atom. The van der Waals surface area contributed by atoms with Crippen LogP contribution in [0.5, 0.6) is 0 Å². The summed E-state index contributed by atoms with van der Waals surface area (Å²) in [4.78, 5) is 17.4. The van der Waals surface area contributed by atoms with Crippen LogP contribution in [0.25, 0.3) is 0 Å². The van der Waals surface area contributed by atoms with E-state index in [4.69, 9.17) is 5.11 Å². The Balaban J connectivity index is 1.84. The summed E-state index contributed by atoms with van der Waals surface area (Å²) < 4.78 is 0. The molecule has 15 heavy (non-hydrogen) atoms. The predicted octanol–water partition coefficient (Wildman–Crippen LogP) is 2.28. The molecule has 1 saturated carbocycles. The molecule has 1 fully saturated rings. The van der Waals surface area contributed by atoms with E-state index in [1.807, 2.05) is 11.8 Å². The van der Waals surface area contributed by atoms with Gasteiger partial charge in [-0.2, -0.15) is 11.8 Å². The van der Waals surface area contributed by atoms with E-state index in [-0.39, 0.29) is 5.69 Å². The summed E-state index contributed by atoms with van der Waals surface area (Å²) in [6, 6.07) is 0. The lowest BCUT2D eigenvalue weighted by Gasteiger charge is -2.05. The highest BCUT2D eigenvalue weighted by atomic mass is 32.2. The van der Waals surface area contributed by atoms with Gasteiger partial charge in [0, 0.05) is 5.25 Å². The van der Waals surface area contributed by atoms with E-state index in [1.165, 1.54) is 31.9 Å². The molecule has 1 aromatic rings. The Labute approximate surface area is 92.5 Å². The number of hydrogen-bond acceptors (Lipinski definition) is 3. The second-order valence-corrected chi connectivity index (χ2v) is 5.05. The standard InChI is InChI=1S/C10H14N2O2S/c13-10(14)8-5-11-9(12-8)6-15-7-3-1-2-4-7/h5,7H,1-4,6H2,(H,11,12)(H,13,14). The first-order valence-electron chi connectivity index (χ1n) is 5.14. The van der Waals surface area contributed by atoms with Gasteiger partial charge in [-0.25, -0.2) is 9.78 Å². The topological polar surface area (TPSA) is 66.0 Å². The minimum absolute atomic E-state index is 0.178. The molecule has 2 N–H and O–H groups in total. The molecule has 0 unspecified atom stereocenters. The van der Waals surface area contributed by atoms with Crippen LogP contribution in [-0.4, -0.2) is 26.3 Å². The van der Waals surface area contributed by atoms with Crippen LogP contribution in [0.3, 0.4) is 0 Å². The Kier molecular flexibility index (Phi) is 3.30. The first kappa shape index (κ1) is 10.5. The summed E-state index contributed by atoms with van der Waals surface area (Å²) in [6.45, 7) is 0. The smallest absolute Gasteiger partial charge is 0.353 e. The van der Waals surface area contributed by atoms with Crippen LogP contribution in [0.2, 0.25) is 0 Å². The average Bonchev–Trinajstić information content (AvgIpc) is 2.86. The molecule has 0 atom stereocenters. The molecule has 0 saturated heterocycles. The van der Waals surface area contributed by atoms with Crippen LogP contribution in [0.15, 0.2) is 6.20 Å². The van der Waals surface area contributed by atoms with Gasteiger partial charge in [0.25, 0.3) is 0 Å². The van der Waals surface area contributed by atoms with Crippen LogP contribution in [0, 0.1) is 0 Å². The van der Waals surface area contributed by atoms with E-state index >= 15 is 0 Å². The van der Waals surface area contributed by atoms with Crippen LogP contribution < -0.4 is 0 Å².